The zero-order chi connectivity index (χ0) is 26.2. The third kappa shape index (κ3) is 6.58. The van der Waals surface area contributed by atoms with Crippen LogP contribution in [0, 0.1) is 5.92 Å². The second-order valence-electron chi connectivity index (χ2n) is 8.98. The number of hydrogen-bond acceptors (Lipinski definition) is 7. The SMILES string of the molecule is COCC(=O)Nc1ccc2c(c1)OC[C@H](C)N(C(=O)c1ccncc1)C[C@@H](C)[C@H](OC)CN(C)C2=O. The number of nitrogens with one attached hydrogen (secondary N) is 1. The first-order chi connectivity index (χ1) is 17.2. The highest BCUT2D eigenvalue weighted by atomic mass is 16.5. The number of anilines is 1. The van der Waals surface area contributed by atoms with Crippen LogP contribution in [0.1, 0.15) is 34.6 Å². The molecule has 2 heterocycles. The van der Waals surface area contributed by atoms with Crippen molar-refractivity contribution in [2.75, 3.05) is 52.9 Å². The summed E-state index contributed by atoms with van der Waals surface area (Å²) in [5.74, 6) is -0.443. The van der Waals surface area contributed by atoms with Gasteiger partial charge < -0.3 is 29.3 Å². The maximum absolute atomic E-state index is 13.4. The van der Waals surface area contributed by atoms with Crippen LogP contribution >= 0.6 is 0 Å². The number of amides is 3. The zero-order valence-electron chi connectivity index (χ0n) is 21.4. The average molecular weight is 499 g/mol. The summed E-state index contributed by atoms with van der Waals surface area (Å²) in [5.41, 5.74) is 1.35. The Morgan fingerprint density at radius 3 is 2.53 bits per heavy atom. The summed E-state index contributed by atoms with van der Waals surface area (Å²) in [5, 5.41) is 2.73. The van der Waals surface area contributed by atoms with Gasteiger partial charge in [-0.3, -0.25) is 19.4 Å². The third-order valence-electron chi connectivity index (χ3n) is 6.19. The van der Waals surface area contributed by atoms with Gasteiger partial charge in [-0.15, -0.1) is 0 Å². The number of aromatic nitrogens is 1. The van der Waals surface area contributed by atoms with Gasteiger partial charge in [-0.1, -0.05) is 6.92 Å². The van der Waals surface area contributed by atoms with Gasteiger partial charge in [0.25, 0.3) is 11.8 Å². The quantitative estimate of drug-likeness (QED) is 0.674. The number of hydrogen-bond donors (Lipinski definition) is 1. The number of rotatable bonds is 5. The highest BCUT2D eigenvalue weighted by Crippen LogP contribution is 2.27. The van der Waals surface area contributed by atoms with Gasteiger partial charge in [-0.2, -0.15) is 0 Å². The molecule has 0 radical (unpaired) electrons. The monoisotopic (exact) mass is 498 g/mol. The van der Waals surface area contributed by atoms with E-state index in [4.69, 9.17) is 14.2 Å². The molecule has 36 heavy (non-hydrogen) atoms. The van der Waals surface area contributed by atoms with Gasteiger partial charge in [-0.05, 0) is 31.2 Å². The fraction of sp³-hybridized carbons (Fsp3) is 0.462. The molecule has 2 aromatic rings. The Hall–Kier alpha value is -3.50. The van der Waals surface area contributed by atoms with Crippen molar-refractivity contribution < 1.29 is 28.6 Å². The second-order valence-corrected chi connectivity index (χ2v) is 8.98. The topological polar surface area (TPSA) is 110 Å². The van der Waals surface area contributed by atoms with Gasteiger partial charge in [0.1, 0.15) is 19.0 Å². The van der Waals surface area contributed by atoms with E-state index >= 15 is 0 Å². The van der Waals surface area contributed by atoms with Crippen molar-refractivity contribution in [1.29, 1.82) is 0 Å². The molecule has 0 spiro atoms. The molecule has 10 nitrogen and oxygen atoms in total. The molecular weight excluding hydrogens is 464 g/mol. The molecule has 3 atom stereocenters. The summed E-state index contributed by atoms with van der Waals surface area (Å²) in [6.07, 6.45) is 2.88. The minimum Gasteiger partial charge on any atom is -0.491 e. The molecule has 0 aliphatic carbocycles. The molecule has 1 aromatic carbocycles. The van der Waals surface area contributed by atoms with Crippen LogP contribution in [-0.4, -0.2) is 92.2 Å². The maximum atomic E-state index is 13.4. The number of likely N-dealkylation sites (N-methyl/N-ethyl adjacent to an activating group) is 1. The molecule has 0 unspecified atom stereocenters. The minimum absolute atomic E-state index is 0.0595. The molecule has 0 fully saturated rings. The van der Waals surface area contributed by atoms with E-state index < -0.39 is 0 Å². The summed E-state index contributed by atoms with van der Waals surface area (Å²) < 4.78 is 16.7. The maximum Gasteiger partial charge on any atom is 0.257 e. The number of fused-ring (bicyclic) bond motifs is 1. The Bertz CT molecular complexity index is 1060. The molecule has 1 aliphatic rings. The summed E-state index contributed by atoms with van der Waals surface area (Å²) in [7, 11) is 4.74. The van der Waals surface area contributed by atoms with Crippen LogP contribution in [0.15, 0.2) is 42.7 Å². The van der Waals surface area contributed by atoms with E-state index in [9.17, 15) is 14.4 Å². The largest absolute Gasteiger partial charge is 0.491 e. The number of carbonyl (C=O) groups excluding carboxylic acids is 3. The highest BCUT2D eigenvalue weighted by molar-refractivity contribution is 5.98. The Kier molecular flexibility index (Phi) is 9.38. The van der Waals surface area contributed by atoms with Crippen molar-refractivity contribution in [1.82, 2.24) is 14.8 Å². The van der Waals surface area contributed by atoms with E-state index in [-0.39, 0.29) is 49.0 Å². The number of nitrogens with zero attached hydrogens (tertiary/aromatic N) is 3. The van der Waals surface area contributed by atoms with Crippen LogP contribution in [-0.2, 0) is 14.3 Å². The molecular formula is C26H34N4O6. The average Bonchev–Trinajstić information content (AvgIpc) is 2.88. The van der Waals surface area contributed by atoms with E-state index in [0.717, 1.165) is 0 Å². The van der Waals surface area contributed by atoms with Gasteiger partial charge in [0.2, 0.25) is 5.91 Å². The molecule has 0 saturated carbocycles. The van der Waals surface area contributed by atoms with Gasteiger partial charge in [-0.25, -0.2) is 0 Å². The van der Waals surface area contributed by atoms with Crippen molar-refractivity contribution in [2.45, 2.75) is 26.0 Å². The van der Waals surface area contributed by atoms with E-state index in [1.165, 1.54) is 7.11 Å². The van der Waals surface area contributed by atoms with Gasteiger partial charge in [0, 0.05) is 70.0 Å². The van der Waals surface area contributed by atoms with Gasteiger partial charge in [0.15, 0.2) is 0 Å². The number of methoxy groups -OCH3 is 2. The first-order valence-electron chi connectivity index (χ1n) is 11.8. The van der Waals surface area contributed by atoms with Crippen LogP contribution in [0.2, 0.25) is 0 Å². The molecule has 10 heteroatoms. The molecule has 1 aromatic heterocycles. The highest BCUT2D eigenvalue weighted by Gasteiger charge is 2.30. The first-order valence-corrected chi connectivity index (χ1v) is 11.8. The van der Waals surface area contributed by atoms with Crippen molar-refractivity contribution in [3.8, 4) is 5.75 Å². The first kappa shape index (κ1) is 27.1. The molecule has 1 aliphatic heterocycles. The summed E-state index contributed by atoms with van der Waals surface area (Å²) in [4.78, 5) is 46.1. The van der Waals surface area contributed by atoms with Crippen molar-refractivity contribution in [3.05, 3.63) is 53.9 Å². The second kappa shape index (κ2) is 12.5. The zero-order valence-corrected chi connectivity index (χ0v) is 21.4. The van der Waals surface area contributed by atoms with Crippen molar-refractivity contribution in [2.24, 2.45) is 5.92 Å². The standard InChI is InChI=1S/C26H34N4O6/c1-17-13-30(25(32)19-8-10-27-11-9-19)18(2)15-36-22-12-20(28-24(31)16-34-4)6-7-21(22)26(33)29(3)14-23(17)35-5/h6-12,17-18,23H,13-16H2,1-5H3,(H,28,31)/t17-,18+,23-/m1/s1. The summed E-state index contributed by atoms with van der Waals surface area (Å²) >= 11 is 0. The lowest BCUT2D eigenvalue weighted by atomic mass is 10.0. The van der Waals surface area contributed by atoms with Crippen LogP contribution < -0.4 is 10.1 Å². The molecule has 0 bridgehead atoms. The Labute approximate surface area is 211 Å². The van der Waals surface area contributed by atoms with Crippen LogP contribution in [0.3, 0.4) is 0 Å². The van der Waals surface area contributed by atoms with E-state index in [2.05, 4.69) is 10.3 Å². The minimum atomic E-state index is -0.325. The molecule has 194 valence electrons. The lowest BCUT2D eigenvalue weighted by Gasteiger charge is -2.36. The predicted octanol–water partition coefficient (Wildman–Crippen LogP) is 2.31. The Morgan fingerprint density at radius 2 is 1.86 bits per heavy atom. The number of ether oxygens (including phenoxy) is 3. The molecule has 1 N–H and O–H groups in total. The fourth-order valence-electron chi connectivity index (χ4n) is 4.12. The number of pyridine rings is 1. The van der Waals surface area contributed by atoms with Crippen LogP contribution in [0.25, 0.3) is 0 Å². The Morgan fingerprint density at radius 1 is 1.14 bits per heavy atom. The summed E-state index contributed by atoms with van der Waals surface area (Å²) in [6.45, 7) is 4.68. The lowest BCUT2D eigenvalue weighted by Crippen LogP contribution is -2.48. The fourth-order valence-corrected chi connectivity index (χ4v) is 4.12. The predicted molar refractivity (Wildman–Crippen MR) is 134 cm³/mol. The lowest BCUT2D eigenvalue weighted by molar-refractivity contribution is -0.119. The third-order valence-corrected chi connectivity index (χ3v) is 6.19. The Balaban J connectivity index is 1.97. The number of benzene rings is 1. The van der Waals surface area contributed by atoms with Gasteiger partial charge in [0.05, 0.1) is 17.7 Å². The smallest absolute Gasteiger partial charge is 0.257 e. The van der Waals surface area contributed by atoms with E-state index in [1.807, 2.05) is 13.8 Å². The molecule has 0 saturated heterocycles. The normalized spacial score (nSPS) is 21.0. The van der Waals surface area contributed by atoms with Crippen molar-refractivity contribution >= 4 is 23.4 Å². The van der Waals surface area contributed by atoms with Crippen molar-refractivity contribution in [3.63, 3.8) is 0 Å². The molecule has 3 amide bonds. The van der Waals surface area contributed by atoms with E-state index in [1.54, 1.807) is 66.7 Å². The van der Waals surface area contributed by atoms with E-state index in [0.29, 0.717) is 35.7 Å². The van der Waals surface area contributed by atoms with Gasteiger partial charge >= 0.3 is 0 Å². The molecule has 3 rings (SSSR count). The van der Waals surface area contributed by atoms with Crippen LogP contribution in [0.5, 0.6) is 5.75 Å². The summed E-state index contributed by atoms with van der Waals surface area (Å²) in [6, 6.07) is 7.92. The number of carbonyl (C=O) groups is 3. The van der Waals surface area contributed by atoms with Crippen LogP contribution in [0.4, 0.5) is 5.69 Å².